The van der Waals surface area contributed by atoms with Crippen LogP contribution in [0.5, 0.6) is 0 Å². The fourth-order valence-corrected chi connectivity index (χ4v) is 5.93. The van der Waals surface area contributed by atoms with Gasteiger partial charge in [0.2, 0.25) is 5.95 Å². The van der Waals surface area contributed by atoms with Crippen LogP contribution in [0, 0.1) is 11.3 Å². The van der Waals surface area contributed by atoms with Gasteiger partial charge in [-0.3, -0.25) is 9.88 Å². The largest absolute Gasteiger partial charge is 0.368 e. The second-order valence-corrected chi connectivity index (χ2v) is 9.94. The Morgan fingerprint density at radius 2 is 1.83 bits per heavy atom. The molecule has 0 aliphatic carbocycles. The second kappa shape index (κ2) is 8.95. The lowest BCUT2D eigenvalue weighted by atomic mass is 10.0. The minimum absolute atomic E-state index is 0.203. The number of anilines is 3. The average Bonchev–Trinajstić information content (AvgIpc) is 3.34. The highest BCUT2D eigenvalue weighted by atomic mass is 15.4. The highest BCUT2D eigenvalue weighted by Crippen LogP contribution is 2.32. The van der Waals surface area contributed by atoms with Crippen molar-refractivity contribution in [2.45, 2.75) is 31.5 Å². The van der Waals surface area contributed by atoms with Crippen molar-refractivity contribution < 1.29 is 0 Å². The van der Waals surface area contributed by atoms with Crippen molar-refractivity contribution in [3.8, 4) is 6.07 Å². The monoisotopic (exact) mass is 469 g/mol. The van der Waals surface area contributed by atoms with E-state index in [0.29, 0.717) is 17.6 Å². The molecule has 0 amide bonds. The second-order valence-electron chi connectivity index (χ2n) is 9.94. The molecular weight excluding hydrogens is 438 g/mol. The summed E-state index contributed by atoms with van der Waals surface area (Å²) in [5.74, 6) is 1.78. The van der Waals surface area contributed by atoms with Crippen molar-refractivity contribution in [3.05, 3.63) is 48.3 Å². The van der Waals surface area contributed by atoms with Crippen LogP contribution in [0.3, 0.4) is 0 Å². The quantitative estimate of drug-likeness (QED) is 0.615. The molecule has 2 aromatic heterocycles. The van der Waals surface area contributed by atoms with Crippen molar-refractivity contribution in [2.24, 2.45) is 5.73 Å². The van der Waals surface area contributed by atoms with Gasteiger partial charge >= 0.3 is 0 Å². The maximum Gasteiger partial charge on any atom is 0.227 e. The van der Waals surface area contributed by atoms with Crippen molar-refractivity contribution in [2.75, 3.05) is 60.5 Å². The summed E-state index contributed by atoms with van der Waals surface area (Å²) in [6.07, 6.45) is 4.62. The van der Waals surface area contributed by atoms with E-state index in [1.807, 2.05) is 24.4 Å². The van der Waals surface area contributed by atoms with Crippen LogP contribution < -0.4 is 20.4 Å². The van der Waals surface area contributed by atoms with E-state index in [1.165, 1.54) is 0 Å². The minimum Gasteiger partial charge on any atom is -0.368 e. The molecule has 3 saturated heterocycles. The number of hydrogen-bond donors (Lipinski definition) is 1. The van der Waals surface area contributed by atoms with Crippen LogP contribution in [0.2, 0.25) is 0 Å². The summed E-state index contributed by atoms with van der Waals surface area (Å²) in [5.41, 5.74) is 8.67. The molecule has 0 radical (unpaired) electrons. The Kier molecular flexibility index (Phi) is 5.63. The molecule has 180 valence electrons. The predicted octanol–water partition coefficient (Wildman–Crippen LogP) is 1.83. The first kappa shape index (κ1) is 22.0. The summed E-state index contributed by atoms with van der Waals surface area (Å²) in [4.78, 5) is 23.7. The molecule has 0 spiro atoms. The first-order chi connectivity index (χ1) is 17.1. The summed E-state index contributed by atoms with van der Waals surface area (Å²) >= 11 is 0. The number of nitriles is 1. The molecular formula is C26H31N9. The minimum atomic E-state index is 0.203. The van der Waals surface area contributed by atoms with Crippen LogP contribution in [0.25, 0.3) is 10.9 Å². The molecule has 2 N–H and O–H groups in total. The number of benzene rings is 1. The number of pyridine rings is 1. The zero-order valence-electron chi connectivity index (χ0n) is 20.1. The van der Waals surface area contributed by atoms with Gasteiger partial charge in [0.05, 0.1) is 11.1 Å². The summed E-state index contributed by atoms with van der Waals surface area (Å²) in [6, 6.07) is 13.4. The molecule has 3 aliphatic heterocycles. The maximum absolute atomic E-state index is 9.54. The molecule has 3 unspecified atom stereocenters. The van der Waals surface area contributed by atoms with E-state index in [2.05, 4.69) is 54.7 Å². The molecule has 3 fully saturated rings. The lowest BCUT2D eigenvalue weighted by Crippen LogP contribution is -2.65. The molecule has 9 nitrogen and oxygen atoms in total. The van der Waals surface area contributed by atoms with Crippen LogP contribution in [0.15, 0.2) is 42.7 Å². The SMILES string of the molecule is CC1CN(c2ccc(C#N)c3ncccc23)CC2CN(c3ccnc(N4CCC(N)C4)n3)CCN12. The lowest BCUT2D eigenvalue weighted by molar-refractivity contribution is 0.108. The standard InChI is InChI=1S/C26H31N9/c1-18-14-34(23-5-4-19(13-27)25-22(23)3-2-8-29-25)17-21-16-32(11-12-35(18)21)24-6-9-30-26(31-24)33-10-7-20(28)15-33/h2-6,8-9,18,20-21H,7,10-12,14-17,28H2,1H3. The topological polar surface area (TPSA) is 101 Å². The van der Waals surface area contributed by atoms with E-state index in [0.717, 1.165) is 80.6 Å². The van der Waals surface area contributed by atoms with Crippen molar-refractivity contribution >= 4 is 28.4 Å². The summed E-state index contributed by atoms with van der Waals surface area (Å²) < 4.78 is 0. The van der Waals surface area contributed by atoms with Crippen molar-refractivity contribution in [1.29, 1.82) is 5.26 Å². The molecule has 0 bridgehead atoms. The third kappa shape index (κ3) is 4.03. The molecule has 9 heteroatoms. The van der Waals surface area contributed by atoms with Gasteiger partial charge in [0.1, 0.15) is 11.9 Å². The molecule has 1 aromatic carbocycles. The highest BCUT2D eigenvalue weighted by molar-refractivity contribution is 5.95. The fraction of sp³-hybridized carbons (Fsp3) is 0.462. The third-order valence-electron chi connectivity index (χ3n) is 7.68. The van der Waals surface area contributed by atoms with E-state index in [1.54, 1.807) is 6.20 Å². The lowest BCUT2D eigenvalue weighted by Gasteiger charge is -2.51. The van der Waals surface area contributed by atoms with Gasteiger partial charge in [-0.1, -0.05) is 0 Å². The Hall–Kier alpha value is -3.48. The van der Waals surface area contributed by atoms with E-state index in [-0.39, 0.29) is 6.04 Å². The molecule has 6 rings (SSSR count). The third-order valence-corrected chi connectivity index (χ3v) is 7.68. The Bertz CT molecular complexity index is 1270. The first-order valence-corrected chi connectivity index (χ1v) is 12.5. The van der Waals surface area contributed by atoms with Gasteiger partial charge in [0, 0.05) is 87.4 Å². The van der Waals surface area contributed by atoms with Crippen molar-refractivity contribution in [3.63, 3.8) is 0 Å². The zero-order chi connectivity index (χ0) is 23.9. The Morgan fingerprint density at radius 1 is 0.943 bits per heavy atom. The van der Waals surface area contributed by atoms with Gasteiger partial charge in [-0.25, -0.2) is 4.98 Å². The van der Waals surface area contributed by atoms with E-state index in [4.69, 9.17) is 10.7 Å². The molecule has 35 heavy (non-hydrogen) atoms. The number of nitrogens with zero attached hydrogens (tertiary/aromatic N) is 8. The summed E-state index contributed by atoms with van der Waals surface area (Å²) in [6.45, 7) is 8.83. The highest BCUT2D eigenvalue weighted by Gasteiger charge is 2.37. The van der Waals surface area contributed by atoms with E-state index >= 15 is 0 Å². The number of aromatic nitrogens is 3. The maximum atomic E-state index is 9.54. The zero-order valence-corrected chi connectivity index (χ0v) is 20.1. The van der Waals surface area contributed by atoms with Crippen LogP contribution in [0.4, 0.5) is 17.5 Å². The van der Waals surface area contributed by atoms with E-state index < -0.39 is 0 Å². The normalized spacial score (nSPS) is 25.1. The number of fused-ring (bicyclic) bond motifs is 2. The van der Waals surface area contributed by atoms with Gasteiger partial charge < -0.3 is 20.4 Å². The Morgan fingerprint density at radius 3 is 2.66 bits per heavy atom. The first-order valence-electron chi connectivity index (χ1n) is 12.5. The molecule has 5 heterocycles. The van der Waals surface area contributed by atoms with Crippen molar-refractivity contribution in [1.82, 2.24) is 19.9 Å². The molecule has 3 atom stereocenters. The number of hydrogen-bond acceptors (Lipinski definition) is 9. The van der Waals surface area contributed by atoms with Crippen LogP contribution in [0.1, 0.15) is 18.9 Å². The van der Waals surface area contributed by atoms with Crippen LogP contribution >= 0.6 is 0 Å². The summed E-state index contributed by atoms with van der Waals surface area (Å²) in [5, 5.41) is 10.6. The van der Waals surface area contributed by atoms with Gasteiger partial charge in [0.15, 0.2) is 0 Å². The predicted molar refractivity (Wildman–Crippen MR) is 138 cm³/mol. The molecule has 0 saturated carbocycles. The number of rotatable bonds is 3. The Labute approximate surface area is 205 Å². The fourth-order valence-electron chi connectivity index (χ4n) is 5.93. The van der Waals surface area contributed by atoms with Gasteiger partial charge in [0.25, 0.3) is 0 Å². The average molecular weight is 470 g/mol. The number of piperazine rings is 2. The molecule has 3 aliphatic rings. The molecule has 3 aromatic rings. The van der Waals surface area contributed by atoms with E-state index in [9.17, 15) is 5.26 Å². The van der Waals surface area contributed by atoms with Gasteiger partial charge in [-0.05, 0) is 43.7 Å². The van der Waals surface area contributed by atoms with Gasteiger partial charge in [-0.2, -0.15) is 10.2 Å². The number of nitrogens with two attached hydrogens (primary N) is 1. The van der Waals surface area contributed by atoms with Gasteiger partial charge in [-0.15, -0.1) is 0 Å². The summed E-state index contributed by atoms with van der Waals surface area (Å²) in [7, 11) is 0. The smallest absolute Gasteiger partial charge is 0.227 e. The van der Waals surface area contributed by atoms with Crippen LogP contribution in [-0.2, 0) is 0 Å². The Balaban J connectivity index is 1.24. The van der Waals surface area contributed by atoms with Crippen LogP contribution in [-0.4, -0.2) is 83.8 Å².